The topological polar surface area (TPSA) is 63.2 Å². The third-order valence-electron chi connectivity index (χ3n) is 3.53. The highest BCUT2D eigenvalue weighted by Crippen LogP contribution is 2.50. The van der Waals surface area contributed by atoms with Crippen molar-refractivity contribution in [3.05, 3.63) is 17.7 Å². The summed E-state index contributed by atoms with van der Waals surface area (Å²) in [5, 5.41) is 0. The van der Waals surface area contributed by atoms with Crippen molar-refractivity contribution in [1.82, 2.24) is 0 Å². The quantitative estimate of drug-likeness (QED) is 0.769. The molecular formula is C14H16O6. The lowest BCUT2D eigenvalue weighted by Gasteiger charge is -2.31. The van der Waals surface area contributed by atoms with Gasteiger partial charge in [0, 0.05) is 12.8 Å². The van der Waals surface area contributed by atoms with Crippen molar-refractivity contribution in [1.29, 1.82) is 0 Å². The smallest absolute Gasteiger partial charge is 0.341 e. The number of esters is 1. The van der Waals surface area contributed by atoms with Crippen molar-refractivity contribution in [2.45, 2.75) is 18.6 Å². The van der Waals surface area contributed by atoms with E-state index in [1.165, 1.54) is 7.11 Å². The van der Waals surface area contributed by atoms with Crippen LogP contribution in [-0.2, 0) is 9.47 Å². The Labute approximate surface area is 116 Å². The van der Waals surface area contributed by atoms with E-state index in [4.69, 9.17) is 23.7 Å². The van der Waals surface area contributed by atoms with Crippen LogP contribution in [0.25, 0.3) is 0 Å². The second-order valence-electron chi connectivity index (χ2n) is 4.69. The van der Waals surface area contributed by atoms with Crippen molar-refractivity contribution in [3.63, 3.8) is 0 Å². The van der Waals surface area contributed by atoms with Crippen LogP contribution in [0.4, 0.5) is 0 Å². The standard InChI is InChI=1S/C14H16O6/c1-16-10-4-3-9(13(15)17-2)11-12(10)20-14(19-11)5-7-18-8-6-14/h3-4H,5-8H2,1-2H3. The van der Waals surface area contributed by atoms with Gasteiger partial charge in [-0.25, -0.2) is 4.79 Å². The molecule has 0 unspecified atom stereocenters. The maximum atomic E-state index is 11.8. The summed E-state index contributed by atoms with van der Waals surface area (Å²) in [6.07, 6.45) is 1.21. The number of fused-ring (bicyclic) bond motifs is 1. The maximum Gasteiger partial charge on any atom is 0.341 e. The van der Waals surface area contributed by atoms with E-state index in [0.29, 0.717) is 48.9 Å². The predicted molar refractivity (Wildman–Crippen MR) is 68.4 cm³/mol. The third kappa shape index (κ3) is 1.96. The lowest BCUT2D eigenvalue weighted by atomic mass is 10.1. The second-order valence-corrected chi connectivity index (χ2v) is 4.69. The van der Waals surface area contributed by atoms with Crippen molar-refractivity contribution in [3.8, 4) is 17.2 Å². The number of methoxy groups -OCH3 is 2. The molecule has 20 heavy (non-hydrogen) atoms. The van der Waals surface area contributed by atoms with Gasteiger partial charge in [0.05, 0.1) is 27.4 Å². The summed E-state index contributed by atoms with van der Waals surface area (Å²) in [4.78, 5) is 11.8. The van der Waals surface area contributed by atoms with Gasteiger partial charge in [0.25, 0.3) is 5.79 Å². The fourth-order valence-electron chi connectivity index (χ4n) is 2.45. The molecule has 1 spiro atoms. The predicted octanol–water partition coefficient (Wildman–Crippen LogP) is 1.76. The molecule has 0 aromatic heterocycles. The van der Waals surface area contributed by atoms with E-state index < -0.39 is 11.8 Å². The Hall–Kier alpha value is -1.95. The summed E-state index contributed by atoms with van der Waals surface area (Å²) in [5.74, 6) is 0.154. The molecule has 108 valence electrons. The molecule has 0 N–H and O–H groups in total. The Morgan fingerprint density at radius 2 is 1.85 bits per heavy atom. The van der Waals surface area contributed by atoms with Gasteiger partial charge in [0.1, 0.15) is 5.56 Å². The van der Waals surface area contributed by atoms with Crippen molar-refractivity contribution in [2.75, 3.05) is 27.4 Å². The molecule has 2 aliphatic rings. The monoisotopic (exact) mass is 280 g/mol. The number of benzene rings is 1. The maximum absolute atomic E-state index is 11.8. The van der Waals surface area contributed by atoms with E-state index in [2.05, 4.69) is 0 Å². The molecule has 3 rings (SSSR count). The van der Waals surface area contributed by atoms with Crippen molar-refractivity contribution < 1.29 is 28.5 Å². The number of ether oxygens (including phenoxy) is 5. The van der Waals surface area contributed by atoms with Crippen LogP contribution in [0.5, 0.6) is 17.2 Å². The Morgan fingerprint density at radius 3 is 2.50 bits per heavy atom. The van der Waals surface area contributed by atoms with E-state index >= 15 is 0 Å². The molecular weight excluding hydrogens is 264 g/mol. The van der Waals surface area contributed by atoms with E-state index in [9.17, 15) is 4.79 Å². The summed E-state index contributed by atoms with van der Waals surface area (Å²) in [5.41, 5.74) is 0.340. The van der Waals surface area contributed by atoms with Gasteiger partial charge in [-0.2, -0.15) is 0 Å². The first-order valence-corrected chi connectivity index (χ1v) is 6.44. The Morgan fingerprint density at radius 1 is 1.15 bits per heavy atom. The van der Waals surface area contributed by atoms with Gasteiger partial charge in [0.2, 0.25) is 5.75 Å². The molecule has 2 heterocycles. The van der Waals surface area contributed by atoms with Gasteiger partial charge in [0.15, 0.2) is 11.5 Å². The van der Waals surface area contributed by atoms with Crippen LogP contribution in [0, 0.1) is 0 Å². The summed E-state index contributed by atoms with van der Waals surface area (Å²) in [6, 6.07) is 3.29. The van der Waals surface area contributed by atoms with Gasteiger partial charge in [-0.1, -0.05) is 0 Å². The van der Waals surface area contributed by atoms with Crippen LogP contribution in [0.2, 0.25) is 0 Å². The SMILES string of the molecule is COC(=O)c1ccc(OC)c2c1OC1(CCOCC1)O2. The summed E-state index contributed by atoms with van der Waals surface area (Å²) < 4.78 is 27.3. The number of hydrogen-bond donors (Lipinski definition) is 0. The average molecular weight is 280 g/mol. The normalized spacial score (nSPS) is 18.9. The molecule has 6 heteroatoms. The van der Waals surface area contributed by atoms with Crippen LogP contribution in [0.3, 0.4) is 0 Å². The first kappa shape index (κ1) is 13.1. The Kier molecular flexibility index (Phi) is 3.17. The lowest BCUT2D eigenvalue weighted by Crippen LogP contribution is -2.44. The van der Waals surface area contributed by atoms with Crippen molar-refractivity contribution >= 4 is 5.97 Å². The number of rotatable bonds is 2. The van der Waals surface area contributed by atoms with Gasteiger partial charge >= 0.3 is 5.97 Å². The molecule has 1 fully saturated rings. The molecule has 2 aliphatic heterocycles. The number of carbonyl (C=O) groups is 1. The van der Waals surface area contributed by atoms with E-state index in [-0.39, 0.29) is 0 Å². The molecule has 0 bridgehead atoms. The zero-order valence-corrected chi connectivity index (χ0v) is 11.4. The average Bonchev–Trinajstić information content (AvgIpc) is 2.84. The van der Waals surface area contributed by atoms with Crippen LogP contribution in [0.1, 0.15) is 23.2 Å². The molecule has 1 aromatic carbocycles. The van der Waals surface area contributed by atoms with Crippen LogP contribution < -0.4 is 14.2 Å². The van der Waals surface area contributed by atoms with Crippen LogP contribution in [0.15, 0.2) is 12.1 Å². The zero-order chi connectivity index (χ0) is 14.2. The van der Waals surface area contributed by atoms with Crippen molar-refractivity contribution in [2.24, 2.45) is 0 Å². The molecule has 6 nitrogen and oxygen atoms in total. The van der Waals surface area contributed by atoms with Gasteiger partial charge in [-0.05, 0) is 12.1 Å². The molecule has 0 saturated carbocycles. The van der Waals surface area contributed by atoms with E-state index in [0.717, 1.165) is 0 Å². The summed E-state index contributed by atoms with van der Waals surface area (Å²) in [7, 11) is 2.88. The molecule has 1 saturated heterocycles. The first-order chi connectivity index (χ1) is 9.69. The summed E-state index contributed by atoms with van der Waals surface area (Å²) >= 11 is 0. The van der Waals surface area contributed by atoms with E-state index in [1.807, 2.05) is 0 Å². The first-order valence-electron chi connectivity index (χ1n) is 6.44. The minimum absolute atomic E-state index is 0.340. The fourth-order valence-corrected chi connectivity index (χ4v) is 2.45. The highest BCUT2D eigenvalue weighted by molar-refractivity contribution is 5.94. The van der Waals surface area contributed by atoms with Gasteiger partial charge < -0.3 is 23.7 Å². The minimum atomic E-state index is -0.766. The zero-order valence-electron chi connectivity index (χ0n) is 11.4. The molecule has 0 aliphatic carbocycles. The third-order valence-corrected chi connectivity index (χ3v) is 3.53. The Bertz CT molecular complexity index is 533. The summed E-state index contributed by atoms with van der Waals surface area (Å²) in [6.45, 7) is 1.12. The van der Waals surface area contributed by atoms with Gasteiger partial charge in [-0.3, -0.25) is 0 Å². The fraction of sp³-hybridized carbons (Fsp3) is 0.500. The molecule has 0 radical (unpaired) electrons. The largest absolute Gasteiger partial charge is 0.493 e. The molecule has 0 atom stereocenters. The molecule has 0 amide bonds. The lowest BCUT2D eigenvalue weighted by molar-refractivity contribution is -0.144. The van der Waals surface area contributed by atoms with Crippen LogP contribution in [-0.4, -0.2) is 39.2 Å². The second kappa shape index (κ2) is 4.86. The number of carbonyl (C=O) groups excluding carboxylic acids is 1. The minimum Gasteiger partial charge on any atom is -0.493 e. The molecule has 1 aromatic rings. The van der Waals surface area contributed by atoms with E-state index in [1.54, 1.807) is 19.2 Å². The van der Waals surface area contributed by atoms with Crippen LogP contribution >= 0.6 is 0 Å². The highest BCUT2D eigenvalue weighted by atomic mass is 16.7. The number of hydrogen-bond acceptors (Lipinski definition) is 6. The highest BCUT2D eigenvalue weighted by Gasteiger charge is 2.46. The Balaban J connectivity index is 2.02. The van der Waals surface area contributed by atoms with Gasteiger partial charge in [-0.15, -0.1) is 0 Å².